The summed E-state index contributed by atoms with van der Waals surface area (Å²) in [6.45, 7) is 5.15. The average molecular weight is 487 g/mol. The molecule has 1 aromatic heterocycles. The smallest absolute Gasteiger partial charge is 0.439 e. The van der Waals surface area contributed by atoms with Crippen molar-refractivity contribution < 1.29 is 33.2 Å². The maximum absolute atomic E-state index is 12.9. The Morgan fingerprint density at radius 1 is 1.14 bits per heavy atom. The minimum Gasteiger partial charge on any atom is -0.459 e. The highest BCUT2D eigenvalue weighted by atomic mass is 16.6. The number of carbonyl (C=O) groups is 4. The monoisotopic (exact) mass is 487 g/mol. The second-order valence-electron chi connectivity index (χ2n) is 9.14. The minimum absolute atomic E-state index is 0.0237. The molecule has 2 aromatic rings. The van der Waals surface area contributed by atoms with Crippen LogP contribution in [-0.4, -0.2) is 88.2 Å². The Bertz CT molecular complexity index is 1200. The first-order valence-electron chi connectivity index (χ1n) is 10.9. The molecule has 0 aliphatic carbocycles. The quantitative estimate of drug-likeness (QED) is 0.589. The number of H-pyrrole nitrogens is 1. The van der Waals surface area contributed by atoms with Crippen molar-refractivity contribution in [3.05, 3.63) is 34.8 Å². The van der Waals surface area contributed by atoms with E-state index in [9.17, 15) is 24.0 Å². The highest BCUT2D eigenvalue weighted by Crippen LogP contribution is 2.25. The zero-order valence-corrected chi connectivity index (χ0v) is 19.5. The molecule has 0 saturated carbocycles. The van der Waals surface area contributed by atoms with Gasteiger partial charge in [0, 0.05) is 24.3 Å². The van der Waals surface area contributed by atoms with Gasteiger partial charge in [-0.3, -0.25) is 28.8 Å². The van der Waals surface area contributed by atoms with E-state index in [1.807, 2.05) is 0 Å². The zero-order chi connectivity index (χ0) is 25.3. The first kappa shape index (κ1) is 24.0. The number of hydrogen-bond acceptors (Lipinski definition) is 9. The van der Waals surface area contributed by atoms with E-state index < -0.39 is 41.3 Å². The van der Waals surface area contributed by atoms with Crippen molar-refractivity contribution in [1.82, 2.24) is 19.9 Å². The summed E-state index contributed by atoms with van der Waals surface area (Å²) in [7, 11) is 0. The van der Waals surface area contributed by atoms with Gasteiger partial charge in [0.15, 0.2) is 11.9 Å². The molecule has 0 radical (unpaired) electrons. The lowest BCUT2D eigenvalue weighted by Crippen LogP contribution is -2.56. The van der Waals surface area contributed by atoms with E-state index in [4.69, 9.17) is 9.47 Å². The molecule has 2 aliphatic rings. The van der Waals surface area contributed by atoms with E-state index in [2.05, 4.69) is 14.7 Å². The maximum Gasteiger partial charge on any atom is 0.439 e. The van der Waals surface area contributed by atoms with Crippen LogP contribution in [0.1, 0.15) is 20.8 Å². The largest absolute Gasteiger partial charge is 0.459 e. The van der Waals surface area contributed by atoms with Gasteiger partial charge in [0.05, 0.1) is 13.1 Å². The fraction of sp³-hybridized carbons (Fsp3) is 0.455. The number of hydrogen-bond donors (Lipinski definition) is 1. The molecule has 35 heavy (non-hydrogen) atoms. The lowest BCUT2D eigenvalue weighted by Gasteiger charge is -2.35. The van der Waals surface area contributed by atoms with Crippen LogP contribution in [0.15, 0.2) is 33.6 Å². The number of aromatic nitrogens is 2. The Morgan fingerprint density at radius 3 is 2.46 bits per heavy atom. The average Bonchev–Trinajstić information content (AvgIpc) is 3.39. The number of nitrogens with one attached hydrogen (secondary N) is 1. The van der Waals surface area contributed by atoms with Crippen LogP contribution >= 0.6 is 0 Å². The summed E-state index contributed by atoms with van der Waals surface area (Å²) in [6, 6.07) is 6.51. The van der Waals surface area contributed by atoms with Crippen LogP contribution in [0.4, 0.5) is 10.5 Å². The van der Waals surface area contributed by atoms with Crippen molar-refractivity contribution in [3.63, 3.8) is 0 Å². The van der Waals surface area contributed by atoms with Crippen LogP contribution in [0.3, 0.4) is 0 Å². The van der Waals surface area contributed by atoms with Crippen LogP contribution in [0.25, 0.3) is 11.4 Å². The molecule has 13 nitrogen and oxygen atoms in total. The SMILES string of the molecule is CC(C)(C)OC(=O)CN1CCN(C(=O)C2CN(c3ccc(-c4noc(=O)[nH]4)cc3)C(=O)O2)CC1=O. The lowest BCUT2D eigenvalue weighted by molar-refractivity contribution is -0.161. The van der Waals surface area contributed by atoms with Gasteiger partial charge in [0.25, 0.3) is 5.91 Å². The number of benzene rings is 1. The first-order valence-corrected chi connectivity index (χ1v) is 10.9. The summed E-state index contributed by atoms with van der Waals surface area (Å²) in [5.41, 5.74) is 0.395. The molecular weight excluding hydrogens is 462 g/mol. The van der Waals surface area contributed by atoms with Crippen molar-refractivity contribution in [2.24, 2.45) is 0 Å². The minimum atomic E-state index is -1.07. The van der Waals surface area contributed by atoms with Crippen molar-refractivity contribution in [1.29, 1.82) is 0 Å². The summed E-state index contributed by atoms with van der Waals surface area (Å²) in [5, 5.41) is 3.60. The third kappa shape index (κ3) is 5.50. The van der Waals surface area contributed by atoms with E-state index in [1.54, 1.807) is 45.0 Å². The van der Waals surface area contributed by atoms with Crippen LogP contribution in [0.5, 0.6) is 0 Å². The molecule has 0 bridgehead atoms. The molecule has 3 heterocycles. The van der Waals surface area contributed by atoms with Crippen LogP contribution in [-0.2, 0) is 23.9 Å². The highest BCUT2D eigenvalue weighted by Gasteiger charge is 2.41. The molecule has 4 rings (SSSR count). The fourth-order valence-electron chi connectivity index (χ4n) is 3.75. The zero-order valence-electron chi connectivity index (χ0n) is 19.5. The summed E-state index contributed by atoms with van der Waals surface area (Å²) < 4.78 is 15.0. The lowest BCUT2D eigenvalue weighted by atomic mass is 10.2. The third-order valence-corrected chi connectivity index (χ3v) is 5.35. The second kappa shape index (κ2) is 9.24. The number of piperazine rings is 1. The molecule has 0 spiro atoms. The number of ether oxygens (including phenoxy) is 2. The van der Waals surface area contributed by atoms with Gasteiger partial charge < -0.3 is 19.3 Å². The van der Waals surface area contributed by atoms with E-state index in [0.29, 0.717) is 11.3 Å². The van der Waals surface area contributed by atoms with E-state index >= 15 is 0 Å². The van der Waals surface area contributed by atoms with Gasteiger partial charge in [-0.1, -0.05) is 5.16 Å². The summed E-state index contributed by atoms with van der Waals surface area (Å²) in [4.78, 5) is 67.4. The van der Waals surface area contributed by atoms with E-state index in [1.165, 1.54) is 14.7 Å². The predicted molar refractivity (Wildman–Crippen MR) is 119 cm³/mol. The van der Waals surface area contributed by atoms with Crippen molar-refractivity contribution in [2.75, 3.05) is 37.6 Å². The molecular formula is C22H25N5O8. The Labute approximate surface area is 199 Å². The van der Waals surface area contributed by atoms with Gasteiger partial charge in [-0.15, -0.1) is 0 Å². The van der Waals surface area contributed by atoms with E-state index in [-0.39, 0.29) is 38.5 Å². The number of rotatable bonds is 5. The number of carbonyl (C=O) groups excluding carboxylic acids is 4. The van der Waals surface area contributed by atoms with Gasteiger partial charge in [0.2, 0.25) is 5.91 Å². The van der Waals surface area contributed by atoms with Crippen LogP contribution in [0.2, 0.25) is 0 Å². The van der Waals surface area contributed by atoms with Gasteiger partial charge >= 0.3 is 17.8 Å². The fourth-order valence-corrected chi connectivity index (χ4v) is 3.75. The van der Waals surface area contributed by atoms with Gasteiger partial charge in [-0.25, -0.2) is 9.59 Å². The van der Waals surface area contributed by atoms with Gasteiger partial charge in [-0.05, 0) is 45.0 Å². The number of esters is 1. The van der Waals surface area contributed by atoms with Crippen molar-refractivity contribution in [3.8, 4) is 11.4 Å². The second-order valence-corrected chi connectivity index (χ2v) is 9.14. The van der Waals surface area contributed by atoms with E-state index in [0.717, 1.165) is 0 Å². The standard InChI is InChI=1S/C22H25N5O8/c1-22(2,3)34-17(29)12-25-8-9-26(11-16(25)28)19(30)15-10-27(21(32)33-15)14-6-4-13(5-7-14)18-23-20(31)35-24-18/h4-7,15H,8-12H2,1-3H3,(H,23,24,31). The maximum atomic E-state index is 12.9. The number of nitrogens with zero attached hydrogens (tertiary/aromatic N) is 4. The molecule has 13 heteroatoms. The molecule has 1 N–H and O–H groups in total. The molecule has 2 fully saturated rings. The summed E-state index contributed by atoms with van der Waals surface area (Å²) >= 11 is 0. The van der Waals surface area contributed by atoms with Crippen molar-refractivity contribution >= 4 is 29.6 Å². The van der Waals surface area contributed by atoms with Gasteiger partial charge in [-0.2, -0.15) is 0 Å². The molecule has 3 amide bonds. The molecule has 1 atom stereocenters. The van der Waals surface area contributed by atoms with Crippen LogP contribution < -0.4 is 10.7 Å². The third-order valence-electron chi connectivity index (χ3n) is 5.35. The number of cyclic esters (lactones) is 1. The summed E-state index contributed by atoms with van der Waals surface area (Å²) in [6.07, 6.45) is -1.76. The Kier molecular flexibility index (Phi) is 6.33. The summed E-state index contributed by atoms with van der Waals surface area (Å²) in [5.74, 6) is -1.83. The Balaban J connectivity index is 1.34. The topological polar surface area (TPSA) is 155 Å². The Hall–Kier alpha value is -4.16. The number of anilines is 1. The van der Waals surface area contributed by atoms with Crippen molar-refractivity contribution in [2.45, 2.75) is 32.5 Å². The molecule has 1 unspecified atom stereocenters. The molecule has 186 valence electrons. The highest BCUT2D eigenvalue weighted by molar-refractivity contribution is 5.97. The predicted octanol–water partition coefficient (Wildman–Crippen LogP) is 0.368. The molecule has 1 aromatic carbocycles. The Morgan fingerprint density at radius 2 is 1.86 bits per heavy atom. The molecule has 2 saturated heterocycles. The normalized spacial score (nSPS) is 18.6. The van der Waals surface area contributed by atoms with Crippen LogP contribution in [0, 0.1) is 0 Å². The molecule has 2 aliphatic heterocycles. The number of aromatic amines is 1. The van der Waals surface area contributed by atoms with Gasteiger partial charge in [0.1, 0.15) is 12.1 Å². The number of amides is 3. The first-order chi connectivity index (χ1) is 16.5.